The van der Waals surface area contributed by atoms with Crippen LogP contribution in [0.25, 0.3) is 0 Å². The Morgan fingerprint density at radius 1 is 1.04 bits per heavy atom. The fraction of sp³-hybridized carbons (Fsp3) is 0.235. The summed E-state index contributed by atoms with van der Waals surface area (Å²) >= 11 is 3.38. The molecule has 25 heavy (non-hydrogen) atoms. The van der Waals surface area contributed by atoms with Crippen molar-refractivity contribution in [2.24, 2.45) is 0 Å². The first-order valence-electron chi connectivity index (χ1n) is 7.52. The maximum atomic E-state index is 11.8. The topological polar surface area (TPSA) is 100 Å². The van der Waals surface area contributed by atoms with E-state index in [1.807, 2.05) is 19.1 Å². The zero-order valence-electron chi connectivity index (χ0n) is 13.8. The molecular formula is C17H18BrN3O4. The molecule has 132 valence electrons. The molecule has 3 N–H and O–H groups in total. The minimum absolute atomic E-state index is 0.186. The van der Waals surface area contributed by atoms with Gasteiger partial charge in [0.25, 0.3) is 5.91 Å². The van der Waals surface area contributed by atoms with Crippen molar-refractivity contribution in [1.82, 2.24) is 10.6 Å². The molecule has 3 amide bonds. The van der Waals surface area contributed by atoms with Gasteiger partial charge in [-0.05, 0) is 43.7 Å². The predicted octanol–water partition coefficient (Wildman–Crippen LogP) is 2.14. The van der Waals surface area contributed by atoms with Crippen molar-refractivity contribution >= 4 is 39.3 Å². The van der Waals surface area contributed by atoms with Crippen LogP contribution in [0.15, 0.2) is 39.4 Å². The number of furan rings is 1. The van der Waals surface area contributed by atoms with Gasteiger partial charge in [-0.2, -0.15) is 0 Å². The van der Waals surface area contributed by atoms with Gasteiger partial charge in [0.2, 0.25) is 11.8 Å². The number of hydrogen-bond acceptors (Lipinski definition) is 4. The van der Waals surface area contributed by atoms with Crippen molar-refractivity contribution in [3.05, 3.63) is 51.9 Å². The number of amides is 3. The summed E-state index contributed by atoms with van der Waals surface area (Å²) in [6.07, 6.45) is 1.40. The predicted molar refractivity (Wildman–Crippen MR) is 96.3 cm³/mol. The van der Waals surface area contributed by atoms with Gasteiger partial charge in [-0.3, -0.25) is 14.4 Å². The summed E-state index contributed by atoms with van der Waals surface area (Å²) in [7, 11) is 0. The van der Waals surface area contributed by atoms with Gasteiger partial charge in [-0.15, -0.1) is 0 Å². The van der Waals surface area contributed by atoms with Crippen molar-refractivity contribution in [3.8, 4) is 0 Å². The molecule has 2 rings (SSSR count). The molecule has 1 heterocycles. The zero-order valence-corrected chi connectivity index (χ0v) is 15.4. The first-order chi connectivity index (χ1) is 11.9. The van der Waals surface area contributed by atoms with Crippen LogP contribution in [0, 0.1) is 13.8 Å². The monoisotopic (exact) mass is 407 g/mol. The Bertz CT molecular complexity index is 801. The summed E-state index contributed by atoms with van der Waals surface area (Å²) in [5.41, 5.74) is 2.00. The van der Waals surface area contributed by atoms with Crippen LogP contribution in [0.1, 0.15) is 21.7 Å². The third-order valence-corrected chi connectivity index (χ3v) is 4.29. The van der Waals surface area contributed by atoms with Crippen molar-refractivity contribution in [2.75, 3.05) is 18.4 Å². The fourth-order valence-electron chi connectivity index (χ4n) is 2.05. The molecule has 0 saturated carbocycles. The quantitative estimate of drug-likeness (QED) is 0.682. The smallest absolute Gasteiger partial charge is 0.255 e. The lowest BCUT2D eigenvalue weighted by Crippen LogP contribution is -2.40. The molecule has 0 fully saturated rings. The first kappa shape index (κ1) is 18.7. The lowest BCUT2D eigenvalue weighted by molar-refractivity contribution is -0.123. The Morgan fingerprint density at radius 3 is 2.40 bits per heavy atom. The van der Waals surface area contributed by atoms with E-state index in [9.17, 15) is 14.4 Å². The van der Waals surface area contributed by atoms with Crippen molar-refractivity contribution in [2.45, 2.75) is 13.8 Å². The molecule has 0 atom stereocenters. The molecule has 0 spiro atoms. The van der Waals surface area contributed by atoms with Crippen molar-refractivity contribution < 1.29 is 18.8 Å². The average Bonchev–Trinajstić information content (AvgIpc) is 3.00. The Balaban J connectivity index is 1.74. The van der Waals surface area contributed by atoms with Gasteiger partial charge in [0, 0.05) is 10.2 Å². The molecule has 7 nitrogen and oxygen atoms in total. The minimum atomic E-state index is -0.461. The molecule has 0 saturated heterocycles. The maximum Gasteiger partial charge on any atom is 0.255 e. The van der Waals surface area contributed by atoms with Crippen LogP contribution in [0.2, 0.25) is 0 Å². The molecule has 0 radical (unpaired) electrons. The number of nitrogens with one attached hydrogen (secondary N) is 3. The molecule has 0 unspecified atom stereocenters. The van der Waals surface area contributed by atoms with Crippen LogP contribution < -0.4 is 16.0 Å². The van der Waals surface area contributed by atoms with Gasteiger partial charge in [-0.25, -0.2) is 0 Å². The maximum absolute atomic E-state index is 11.8. The summed E-state index contributed by atoms with van der Waals surface area (Å²) in [6, 6.07) is 6.93. The van der Waals surface area contributed by atoms with E-state index in [4.69, 9.17) is 4.42 Å². The Labute approximate surface area is 153 Å². The van der Waals surface area contributed by atoms with E-state index in [1.54, 1.807) is 13.0 Å². The van der Waals surface area contributed by atoms with E-state index in [0.29, 0.717) is 17.0 Å². The van der Waals surface area contributed by atoms with Crippen LogP contribution >= 0.6 is 15.9 Å². The van der Waals surface area contributed by atoms with E-state index in [1.165, 1.54) is 12.3 Å². The van der Waals surface area contributed by atoms with Crippen LogP contribution in [0.3, 0.4) is 0 Å². The molecule has 1 aromatic carbocycles. The highest BCUT2D eigenvalue weighted by Crippen LogP contribution is 2.19. The van der Waals surface area contributed by atoms with E-state index < -0.39 is 11.8 Å². The Hall–Kier alpha value is -2.61. The van der Waals surface area contributed by atoms with E-state index >= 15 is 0 Å². The third kappa shape index (κ3) is 5.46. The normalized spacial score (nSPS) is 10.2. The third-order valence-electron chi connectivity index (χ3n) is 3.40. The van der Waals surface area contributed by atoms with Crippen LogP contribution in [-0.4, -0.2) is 30.8 Å². The molecule has 0 aliphatic carbocycles. The molecule has 2 aromatic rings. The highest BCUT2D eigenvalue weighted by Gasteiger charge is 2.13. The summed E-state index contributed by atoms with van der Waals surface area (Å²) < 4.78 is 5.97. The van der Waals surface area contributed by atoms with Crippen LogP contribution in [0.5, 0.6) is 0 Å². The first-order valence-corrected chi connectivity index (χ1v) is 8.31. The highest BCUT2D eigenvalue weighted by atomic mass is 79.9. The average molecular weight is 408 g/mol. The lowest BCUT2D eigenvalue weighted by atomic mass is 10.2. The van der Waals surface area contributed by atoms with Crippen molar-refractivity contribution in [3.63, 3.8) is 0 Å². The number of carbonyl (C=O) groups is 3. The van der Waals surface area contributed by atoms with Gasteiger partial charge in [0.05, 0.1) is 24.9 Å². The summed E-state index contributed by atoms with van der Waals surface area (Å²) in [5, 5.41) is 7.60. The standard InChI is InChI=1S/C17H18BrN3O4/c1-10-7-12(3-4-14(10)18)21-16(23)9-19-15(22)8-20-17(24)13-5-6-25-11(13)2/h3-7H,8-9H2,1-2H3,(H,19,22)(H,20,24)(H,21,23). The zero-order chi connectivity index (χ0) is 18.4. The molecule has 8 heteroatoms. The summed E-state index contributed by atoms with van der Waals surface area (Å²) in [6.45, 7) is 3.15. The van der Waals surface area contributed by atoms with E-state index in [2.05, 4.69) is 31.9 Å². The molecule has 0 aliphatic rings. The van der Waals surface area contributed by atoms with E-state index in [-0.39, 0.29) is 19.0 Å². The fourth-order valence-corrected chi connectivity index (χ4v) is 2.29. The molecular weight excluding hydrogens is 390 g/mol. The summed E-state index contributed by atoms with van der Waals surface area (Å²) in [5.74, 6) is -0.748. The Kier molecular flexibility index (Phi) is 6.35. The van der Waals surface area contributed by atoms with Gasteiger partial charge >= 0.3 is 0 Å². The minimum Gasteiger partial charge on any atom is -0.469 e. The van der Waals surface area contributed by atoms with Crippen LogP contribution in [-0.2, 0) is 9.59 Å². The number of rotatable bonds is 6. The highest BCUT2D eigenvalue weighted by molar-refractivity contribution is 9.10. The van der Waals surface area contributed by atoms with Crippen LogP contribution in [0.4, 0.5) is 5.69 Å². The molecule has 0 aliphatic heterocycles. The largest absolute Gasteiger partial charge is 0.469 e. The number of halogens is 1. The number of carbonyl (C=O) groups excluding carboxylic acids is 3. The molecule has 0 bridgehead atoms. The molecule has 1 aromatic heterocycles. The number of aryl methyl sites for hydroxylation is 2. The second-order valence-corrected chi connectivity index (χ2v) is 6.22. The van der Waals surface area contributed by atoms with Gasteiger partial charge in [0.1, 0.15) is 5.76 Å². The number of benzene rings is 1. The van der Waals surface area contributed by atoms with Gasteiger partial charge in [-0.1, -0.05) is 15.9 Å². The number of hydrogen-bond donors (Lipinski definition) is 3. The van der Waals surface area contributed by atoms with Gasteiger partial charge in [0.15, 0.2) is 0 Å². The lowest BCUT2D eigenvalue weighted by Gasteiger charge is -2.09. The number of anilines is 1. The second kappa shape index (κ2) is 8.48. The van der Waals surface area contributed by atoms with E-state index in [0.717, 1.165) is 10.0 Å². The second-order valence-electron chi connectivity index (χ2n) is 5.36. The summed E-state index contributed by atoms with van der Waals surface area (Å²) in [4.78, 5) is 35.4. The van der Waals surface area contributed by atoms with Crippen molar-refractivity contribution in [1.29, 1.82) is 0 Å². The van der Waals surface area contributed by atoms with Gasteiger partial charge < -0.3 is 20.4 Å². The SMILES string of the molecule is Cc1cc(NC(=O)CNC(=O)CNC(=O)c2ccoc2C)ccc1Br. The Morgan fingerprint density at radius 2 is 1.76 bits per heavy atom.